The van der Waals surface area contributed by atoms with Crippen molar-refractivity contribution in [1.29, 1.82) is 0 Å². The molecule has 1 aromatic carbocycles. The van der Waals surface area contributed by atoms with E-state index in [0.717, 1.165) is 17.0 Å². The Kier molecular flexibility index (Phi) is 3.81. The maximum atomic E-state index is 6.42. The van der Waals surface area contributed by atoms with Gasteiger partial charge in [-0.3, -0.25) is 4.68 Å². The van der Waals surface area contributed by atoms with Crippen molar-refractivity contribution < 1.29 is 4.74 Å². The quantitative estimate of drug-likeness (QED) is 0.933. The molecular formula is C16H20ClN3O. The highest BCUT2D eigenvalue weighted by molar-refractivity contribution is 6.32. The molecule has 0 saturated heterocycles. The summed E-state index contributed by atoms with van der Waals surface area (Å²) in [4.78, 5) is 0. The molecule has 4 nitrogen and oxygen atoms in total. The van der Waals surface area contributed by atoms with E-state index in [1.807, 2.05) is 19.2 Å². The van der Waals surface area contributed by atoms with Crippen molar-refractivity contribution in [3.63, 3.8) is 0 Å². The van der Waals surface area contributed by atoms with Gasteiger partial charge < -0.3 is 10.5 Å². The minimum absolute atomic E-state index is 0.526. The van der Waals surface area contributed by atoms with E-state index in [1.54, 1.807) is 11.8 Å². The Balaban J connectivity index is 2.09. The molecule has 1 saturated carbocycles. The standard InChI is InChI=1S/C16H20ClN3O/c1-20-15(18)9-14(19-20)11-7-12(10-5-3-4-6-10)16(21-2)13(17)8-11/h7-10H,3-6,18H2,1-2H3. The molecule has 1 aliphatic carbocycles. The van der Waals surface area contributed by atoms with E-state index in [-0.39, 0.29) is 0 Å². The first kappa shape index (κ1) is 14.3. The van der Waals surface area contributed by atoms with Crippen LogP contribution in [0, 0.1) is 0 Å². The lowest BCUT2D eigenvalue weighted by Crippen LogP contribution is -1.99. The predicted octanol–water partition coefficient (Wildman–Crippen LogP) is 3.99. The lowest BCUT2D eigenvalue weighted by atomic mass is 9.94. The maximum Gasteiger partial charge on any atom is 0.140 e. The summed E-state index contributed by atoms with van der Waals surface area (Å²) in [6.45, 7) is 0. The molecule has 0 amide bonds. The summed E-state index contributed by atoms with van der Waals surface area (Å²) in [5.41, 5.74) is 8.91. The third-order valence-electron chi connectivity index (χ3n) is 4.28. The molecule has 0 aliphatic heterocycles. The fourth-order valence-electron chi connectivity index (χ4n) is 3.14. The number of hydrogen-bond acceptors (Lipinski definition) is 3. The van der Waals surface area contributed by atoms with Crippen LogP contribution in [-0.4, -0.2) is 16.9 Å². The Bertz CT molecular complexity index is 640. The van der Waals surface area contributed by atoms with Crippen LogP contribution in [-0.2, 0) is 7.05 Å². The van der Waals surface area contributed by atoms with E-state index in [4.69, 9.17) is 22.1 Å². The lowest BCUT2D eigenvalue weighted by molar-refractivity contribution is 0.406. The summed E-state index contributed by atoms with van der Waals surface area (Å²) >= 11 is 6.42. The van der Waals surface area contributed by atoms with Crippen LogP contribution >= 0.6 is 11.6 Å². The molecule has 0 spiro atoms. The number of nitrogen functional groups attached to an aromatic ring is 1. The molecule has 0 radical (unpaired) electrons. The molecule has 5 heteroatoms. The van der Waals surface area contributed by atoms with Crippen molar-refractivity contribution in [1.82, 2.24) is 9.78 Å². The number of nitrogens with zero attached hydrogens (tertiary/aromatic N) is 2. The Morgan fingerprint density at radius 2 is 2.00 bits per heavy atom. The van der Waals surface area contributed by atoms with Gasteiger partial charge in [-0.2, -0.15) is 5.10 Å². The Labute approximate surface area is 129 Å². The van der Waals surface area contributed by atoms with Gasteiger partial charge in [-0.1, -0.05) is 24.4 Å². The Morgan fingerprint density at radius 3 is 2.57 bits per heavy atom. The van der Waals surface area contributed by atoms with Gasteiger partial charge in [0.05, 0.1) is 17.8 Å². The highest BCUT2D eigenvalue weighted by Crippen LogP contribution is 2.43. The minimum Gasteiger partial charge on any atom is -0.495 e. The lowest BCUT2D eigenvalue weighted by Gasteiger charge is -2.17. The molecule has 1 heterocycles. The smallest absolute Gasteiger partial charge is 0.140 e. The largest absolute Gasteiger partial charge is 0.495 e. The third-order valence-corrected chi connectivity index (χ3v) is 4.56. The maximum absolute atomic E-state index is 6.42. The average molecular weight is 306 g/mol. The van der Waals surface area contributed by atoms with Crippen molar-refractivity contribution >= 4 is 17.4 Å². The molecule has 0 unspecified atom stereocenters. The number of benzene rings is 1. The molecule has 1 aromatic heterocycles. The fourth-order valence-corrected chi connectivity index (χ4v) is 3.44. The van der Waals surface area contributed by atoms with Crippen LogP contribution in [0.15, 0.2) is 18.2 Å². The molecule has 3 rings (SSSR count). The second-order valence-electron chi connectivity index (χ2n) is 5.64. The second-order valence-corrected chi connectivity index (χ2v) is 6.05. The van der Waals surface area contributed by atoms with Crippen LogP contribution < -0.4 is 10.5 Å². The molecule has 0 bridgehead atoms. The number of aromatic nitrogens is 2. The molecule has 2 N–H and O–H groups in total. The van der Waals surface area contributed by atoms with Crippen LogP contribution in [0.2, 0.25) is 5.02 Å². The fraction of sp³-hybridized carbons (Fsp3) is 0.438. The monoisotopic (exact) mass is 305 g/mol. The number of methoxy groups -OCH3 is 1. The summed E-state index contributed by atoms with van der Waals surface area (Å²) in [7, 11) is 3.51. The number of aryl methyl sites for hydroxylation is 1. The van der Waals surface area contributed by atoms with Crippen LogP contribution in [0.4, 0.5) is 5.82 Å². The van der Waals surface area contributed by atoms with Crippen LogP contribution in [0.25, 0.3) is 11.3 Å². The van der Waals surface area contributed by atoms with Gasteiger partial charge in [0, 0.05) is 18.7 Å². The third kappa shape index (κ3) is 2.60. The number of nitrogens with two attached hydrogens (primary N) is 1. The van der Waals surface area contributed by atoms with Crippen molar-refractivity contribution in [2.24, 2.45) is 7.05 Å². The summed E-state index contributed by atoms with van der Waals surface area (Å²) in [5, 5.41) is 5.08. The highest BCUT2D eigenvalue weighted by Gasteiger charge is 2.23. The van der Waals surface area contributed by atoms with Crippen LogP contribution in [0.3, 0.4) is 0 Å². The van der Waals surface area contributed by atoms with Crippen LogP contribution in [0.5, 0.6) is 5.75 Å². The number of ether oxygens (including phenoxy) is 1. The van der Waals surface area contributed by atoms with E-state index >= 15 is 0 Å². The molecule has 2 aromatic rings. The van der Waals surface area contributed by atoms with E-state index in [1.165, 1.54) is 31.2 Å². The van der Waals surface area contributed by atoms with Gasteiger partial charge >= 0.3 is 0 Å². The molecule has 1 fully saturated rings. The van der Waals surface area contributed by atoms with Gasteiger partial charge in [0.2, 0.25) is 0 Å². The summed E-state index contributed by atoms with van der Waals surface area (Å²) in [5.74, 6) is 1.97. The highest BCUT2D eigenvalue weighted by atomic mass is 35.5. The first-order valence-corrected chi connectivity index (χ1v) is 7.65. The molecule has 0 atom stereocenters. The van der Waals surface area contributed by atoms with E-state index in [9.17, 15) is 0 Å². The van der Waals surface area contributed by atoms with Crippen molar-refractivity contribution in [3.8, 4) is 17.0 Å². The zero-order valence-corrected chi connectivity index (χ0v) is 13.2. The van der Waals surface area contributed by atoms with Crippen LogP contribution in [0.1, 0.15) is 37.2 Å². The zero-order chi connectivity index (χ0) is 15.0. The number of rotatable bonds is 3. The van der Waals surface area contributed by atoms with Gasteiger partial charge in [-0.25, -0.2) is 0 Å². The van der Waals surface area contributed by atoms with E-state index in [2.05, 4.69) is 11.2 Å². The van der Waals surface area contributed by atoms with Gasteiger partial charge in [-0.15, -0.1) is 0 Å². The second kappa shape index (κ2) is 5.60. The topological polar surface area (TPSA) is 53.1 Å². The molecule has 1 aliphatic rings. The normalized spacial score (nSPS) is 15.6. The number of hydrogen-bond donors (Lipinski definition) is 1. The number of anilines is 1. The average Bonchev–Trinajstić information content (AvgIpc) is 3.09. The first-order chi connectivity index (χ1) is 10.1. The molecular weight excluding hydrogens is 286 g/mol. The predicted molar refractivity (Wildman–Crippen MR) is 85.8 cm³/mol. The van der Waals surface area contributed by atoms with Crippen molar-refractivity contribution in [3.05, 3.63) is 28.8 Å². The van der Waals surface area contributed by atoms with Gasteiger partial charge in [0.15, 0.2) is 0 Å². The summed E-state index contributed by atoms with van der Waals surface area (Å²) in [6, 6.07) is 5.93. The van der Waals surface area contributed by atoms with Gasteiger partial charge in [-0.05, 0) is 36.5 Å². The molecule has 21 heavy (non-hydrogen) atoms. The summed E-state index contributed by atoms with van der Waals surface area (Å²) in [6.07, 6.45) is 4.93. The van der Waals surface area contributed by atoms with Crippen molar-refractivity contribution in [2.45, 2.75) is 31.6 Å². The minimum atomic E-state index is 0.526. The molecule has 112 valence electrons. The zero-order valence-electron chi connectivity index (χ0n) is 12.4. The van der Waals surface area contributed by atoms with E-state index < -0.39 is 0 Å². The van der Waals surface area contributed by atoms with Gasteiger partial charge in [0.25, 0.3) is 0 Å². The van der Waals surface area contributed by atoms with Crippen molar-refractivity contribution in [2.75, 3.05) is 12.8 Å². The SMILES string of the molecule is COc1c(Cl)cc(-c2cc(N)n(C)n2)cc1C1CCCC1. The first-order valence-electron chi connectivity index (χ1n) is 7.27. The van der Waals surface area contributed by atoms with E-state index in [0.29, 0.717) is 16.8 Å². The number of halogens is 1. The summed E-state index contributed by atoms with van der Waals surface area (Å²) < 4.78 is 7.20. The van der Waals surface area contributed by atoms with Gasteiger partial charge in [0.1, 0.15) is 11.6 Å². The Morgan fingerprint density at radius 1 is 1.29 bits per heavy atom. The Hall–Kier alpha value is -1.68.